The summed E-state index contributed by atoms with van der Waals surface area (Å²) < 4.78 is 26.8. The molecule has 0 aliphatic rings. The van der Waals surface area contributed by atoms with Crippen molar-refractivity contribution < 1.29 is 72.8 Å². The molecular formula is C50H99N13O15S. The molecule has 2 unspecified atom stereocenters. The predicted molar refractivity (Wildman–Crippen MR) is 303 cm³/mol. The molecule has 0 saturated carbocycles. The van der Waals surface area contributed by atoms with Crippen LogP contribution in [0.2, 0.25) is 0 Å². The van der Waals surface area contributed by atoms with Gasteiger partial charge in [-0.1, -0.05) is 10.3 Å². The van der Waals surface area contributed by atoms with Crippen LogP contribution in [0.3, 0.4) is 0 Å². The first-order valence-corrected chi connectivity index (χ1v) is 27.9. The van der Waals surface area contributed by atoms with Crippen molar-refractivity contribution >= 4 is 64.6 Å². The van der Waals surface area contributed by atoms with Gasteiger partial charge in [0.05, 0.1) is 87.7 Å². The van der Waals surface area contributed by atoms with Gasteiger partial charge in [-0.05, 0) is 82.3 Å². The van der Waals surface area contributed by atoms with Gasteiger partial charge in [-0.25, -0.2) is 0 Å². The Kier molecular flexibility index (Phi) is 47.3. The number of ether oxygens (including phenoxy) is 5. The zero-order valence-electron chi connectivity index (χ0n) is 48.7. The Bertz CT molecular complexity index is 1720. The zero-order valence-corrected chi connectivity index (χ0v) is 49.6. The number of amides is 6. The first-order valence-electron chi connectivity index (χ1n) is 26.9. The molecule has 0 aliphatic heterocycles. The minimum Gasteiger partial charge on any atom is -0.480 e. The van der Waals surface area contributed by atoms with Gasteiger partial charge in [-0.15, -0.1) is 11.8 Å². The second-order valence-electron chi connectivity index (χ2n) is 18.8. The topological polar surface area (TPSA) is 375 Å². The average Bonchev–Trinajstić information content (AvgIpc) is 3.40. The number of nitrogens with one attached hydrogen (secondary N) is 10. The van der Waals surface area contributed by atoms with Crippen LogP contribution in [0.25, 0.3) is 0 Å². The second kappa shape index (κ2) is 49.0. The first-order chi connectivity index (χ1) is 37.6. The van der Waals surface area contributed by atoms with Crippen molar-refractivity contribution in [1.29, 1.82) is 0 Å². The highest BCUT2D eigenvalue weighted by Crippen LogP contribution is 2.12. The number of likely N-dealkylation sites (N-methyl/N-ethyl adjacent to an activating group) is 2. The highest BCUT2D eigenvalue weighted by Gasteiger charge is 2.25. The molecule has 0 aromatic heterocycles. The third-order valence-electron chi connectivity index (χ3n) is 11.6. The summed E-state index contributed by atoms with van der Waals surface area (Å²) >= 11 is 1.27. The number of aliphatic carboxylic acids is 1. The fourth-order valence-corrected chi connectivity index (χ4v) is 6.93. The molecule has 460 valence electrons. The van der Waals surface area contributed by atoms with E-state index in [1.165, 1.54) is 11.8 Å². The first kappa shape index (κ1) is 76.2. The van der Waals surface area contributed by atoms with Crippen LogP contribution in [0.4, 0.5) is 0 Å². The molecule has 0 fully saturated rings. The van der Waals surface area contributed by atoms with E-state index >= 15 is 0 Å². The van der Waals surface area contributed by atoms with Gasteiger partial charge in [-0.2, -0.15) is 0 Å². The van der Waals surface area contributed by atoms with E-state index in [2.05, 4.69) is 68.4 Å². The normalized spacial score (nSPS) is 12.7. The van der Waals surface area contributed by atoms with E-state index in [1.54, 1.807) is 13.8 Å². The third-order valence-corrected chi connectivity index (χ3v) is 12.6. The van der Waals surface area contributed by atoms with E-state index in [1.807, 2.05) is 55.6 Å². The van der Waals surface area contributed by atoms with Gasteiger partial charge in [0.2, 0.25) is 35.4 Å². The van der Waals surface area contributed by atoms with Crippen molar-refractivity contribution in [3.63, 3.8) is 0 Å². The lowest BCUT2D eigenvalue weighted by molar-refractivity contribution is -0.138. The molecule has 0 rings (SSSR count). The lowest BCUT2D eigenvalue weighted by atomic mass is 9.99. The van der Waals surface area contributed by atoms with Crippen molar-refractivity contribution in [3.05, 3.63) is 0 Å². The minimum atomic E-state index is -1.22. The standard InChI is InChI=1S/C27H56N8O6.C23H43N5O9S/c1-22(33-38)26(3,4)31-11-16-35(17-12-32-27(5,6)23(2)34-39)15-10-29-24(36)8-9-25(37)30-14-19-41-21-20-40-18-13-28-7;1-4-37-17(2)38-16-21(31)28-18(23(34)27-14-20(30)26-15-22(32)33)6-5-7-19(29)25-9-11-36-13-12-35-10-8-24-3/h28,31-32,38-39H,8-21H2,1-7H3,(H,29,36)(H,30,37);17-18,24H,4-16H2,1-3H3,(H,25,29)(H,26,30)(H,27,34)(H,28,31)(H,32,33)/b33-22-,34-23-;. The van der Waals surface area contributed by atoms with E-state index in [0.717, 1.165) is 13.1 Å². The monoisotopic (exact) mass is 1150 g/mol. The molecule has 0 radical (unpaired) electrons. The van der Waals surface area contributed by atoms with E-state index < -0.39 is 53.9 Å². The van der Waals surface area contributed by atoms with E-state index in [-0.39, 0.29) is 54.6 Å². The van der Waals surface area contributed by atoms with Crippen molar-refractivity contribution in [1.82, 2.24) is 58.1 Å². The molecule has 0 aromatic rings. The Morgan fingerprint density at radius 2 is 1.01 bits per heavy atom. The van der Waals surface area contributed by atoms with Crippen LogP contribution < -0.4 is 53.2 Å². The van der Waals surface area contributed by atoms with Gasteiger partial charge >= 0.3 is 5.97 Å². The van der Waals surface area contributed by atoms with Crippen molar-refractivity contribution in [2.24, 2.45) is 10.3 Å². The highest BCUT2D eigenvalue weighted by atomic mass is 32.2. The maximum absolute atomic E-state index is 12.6. The molecule has 28 nitrogen and oxygen atoms in total. The number of carbonyl (C=O) groups is 7. The summed E-state index contributed by atoms with van der Waals surface area (Å²) in [6.07, 6.45) is 0.809. The summed E-state index contributed by atoms with van der Waals surface area (Å²) in [5.74, 6) is -3.44. The highest BCUT2D eigenvalue weighted by molar-refractivity contribution is 8.00. The SMILES string of the molecule is CCOC(C)SCC(=O)NC(CCCC(=O)NCCOCCOCCNC)C(=O)NCC(=O)NCC(=O)O.CNCCOCCOCCNC(=O)CCC(=O)NCCN(CCNC(C)(C)/C(C)=N\O)CCNC(C)(C)/C(C)=N\O. The fraction of sp³-hybridized carbons (Fsp3) is 0.820. The number of nitrogens with zero attached hydrogens (tertiary/aromatic N) is 3. The third kappa shape index (κ3) is 45.6. The molecule has 6 amide bonds. The van der Waals surface area contributed by atoms with Crippen LogP contribution in [0.5, 0.6) is 0 Å². The van der Waals surface area contributed by atoms with Gasteiger partial charge < -0.3 is 92.4 Å². The van der Waals surface area contributed by atoms with Gasteiger partial charge in [-0.3, -0.25) is 38.5 Å². The summed E-state index contributed by atoms with van der Waals surface area (Å²) in [7, 11) is 3.70. The van der Waals surface area contributed by atoms with Crippen LogP contribution in [0.15, 0.2) is 10.3 Å². The molecule has 2 atom stereocenters. The summed E-state index contributed by atoms with van der Waals surface area (Å²) in [6.45, 7) is 24.2. The van der Waals surface area contributed by atoms with E-state index in [0.29, 0.717) is 130 Å². The van der Waals surface area contributed by atoms with Crippen molar-refractivity contribution in [3.8, 4) is 0 Å². The molecule has 0 bridgehead atoms. The molecule has 0 spiro atoms. The second-order valence-corrected chi connectivity index (χ2v) is 20.0. The Balaban J connectivity index is 0. The number of thioether (sulfide) groups is 1. The smallest absolute Gasteiger partial charge is 0.322 e. The lowest BCUT2D eigenvalue weighted by Gasteiger charge is -2.30. The molecular weight excluding hydrogens is 1050 g/mol. The van der Waals surface area contributed by atoms with Crippen LogP contribution in [-0.4, -0.2) is 254 Å². The van der Waals surface area contributed by atoms with Gasteiger partial charge in [0.15, 0.2) is 0 Å². The minimum absolute atomic E-state index is 0.0606. The van der Waals surface area contributed by atoms with Crippen LogP contribution in [0, 0.1) is 0 Å². The van der Waals surface area contributed by atoms with Crippen molar-refractivity contribution in [2.45, 2.75) is 110 Å². The molecule has 0 saturated heterocycles. The number of hydrogen-bond donors (Lipinski definition) is 13. The summed E-state index contributed by atoms with van der Waals surface area (Å²) in [4.78, 5) is 85.8. The maximum Gasteiger partial charge on any atom is 0.322 e. The summed E-state index contributed by atoms with van der Waals surface area (Å²) in [5, 5.41) is 61.7. The van der Waals surface area contributed by atoms with Gasteiger partial charge in [0, 0.05) is 91.3 Å². The zero-order chi connectivity index (χ0) is 59.7. The number of hydrogen-bond acceptors (Lipinski definition) is 22. The molecule has 13 N–H and O–H groups in total. The van der Waals surface area contributed by atoms with Crippen LogP contribution >= 0.6 is 11.8 Å². The predicted octanol–water partition coefficient (Wildman–Crippen LogP) is -1.57. The van der Waals surface area contributed by atoms with Crippen LogP contribution in [-0.2, 0) is 57.2 Å². The number of carbonyl (C=O) groups excluding carboxylic acids is 6. The van der Waals surface area contributed by atoms with Crippen molar-refractivity contribution in [2.75, 3.05) is 158 Å². The Morgan fingerprint density at radius 3 is 1.46 bits per heavy atom. The Hall–Kier alpha value is -4.82. The molecule has 0 aromatic carbocycles. The lowest BCUT2D eigenvalue weighted by Crippen LogP contribution is -2.51. The van der Waals surface area contributed by atoms with Gasteiger partial charge in [0.1, 0.15) is 18.0 Å². The summed E-state index contributed by atoms with van der Waals surface area (Å²) in [6, 6.07) is -0.975. The summed E-state index contributed by atoms with van der Waals surface area (Å²) in [5.41, 5.74) is 0.0450. The van der Waals surface area contributed by atoms with Gasteiger partial charge in [0.25, 0.3) is 0 Å². The Labute approximate surface area is 472 Å². The molecule has 79 heavy (non-hydrogen) atoms. The number of carboxylic acids is 1. The molecule has 29 heteroatoms. The Morgan fingerprint density at radius 1 is 0.570 bits per heavy atom. The quantitative estimate of drug-likeness (QED) is 0.0108. The average molecular weight is 1150 g/mol. The van der Waals surface area contributed by atoms with E-state index in [4.69, 9.17) is 39.2 Å². The maximum atomic E-state index is 12.6. The van der Waals surface area contributed by atoms with Crippen LogP contribution in [0.1, 0.15) is 87.5 Å². The number of oxime groups is 2. The van der Waals surface area contributed by atoms with E-state index in [9.17, 15) is 33.6 Å². The molecule has 0 aliphatic carbocycles. The number of carboxylic acid groups (broad SMARTS) is 1. The molecule has 0 heterocycles. The number of rotatable bonds is 49. The largest absolute Gasteiger partial charge is 0.480 e. The fourth-order valence-electron chi connectivity index (χ4n) is 6.23.